The summed E-state index contributed by atoms with van der Waals surface area (Å²) < 4.78 is 0. The Hall–Kier alpha value is -1.88. The summed E-state index contributed by atoms with van der Waals surface area (Å²) in [6, 6.07) is 7.08. The second-order valence-corrected chi connectivity index (χ2v) is 5.62. The number of nitrogens with two attached hydrogens (primary N) is 1. The SMILES string of the molecule is Cc1nc(C)c(CCNC(=O)c2ccccc2N)s1. The van der Waals surface area contributed by atoms with Crippen molar-refractivity contribution in [2.45, 2.75) is 20.3 Å². The zero-order valence-corrected chi connectivity index (χ0v) is 11.9. The Labute approximate surface area is 116 Å². The first-order valence-corrected chi connectivity index (χ1v) is 6.95. The Morgan fingerprint density at radius 3 is 2.74 bits per heavy atom. The molecule has 0 unspecified atom stereocenters. The minimum Gasteiger partial charge on any atom is -0.398 e. The number of nitrogens with zero attached hydrogens (tertiary/aromatic N) is 1. The minimum absolute atomic E-state index is 0.128. The van der Waals surface area contributed by atoms with Crippen molar-refractivity contribution in [2.24, 2.45) is 0 Å². The van der Waals surface area contributed by atoms with E-state index in [1.54, 1.807) is 23.5 Å². The Morgan fingerprint density at radius 1 is 1.37 bits per heavy atom. The first-order valence-electron chi connectivity index (χ1n) is 6.13. The Bertz CT molecular complexity index is 592. The van der Waals surface area contributed by atoms with E-state index in [2.05, 4.69) is 10.3 Å². The van der Waals surface area contributed by atoms with Crippen LogP contribution < -0.4 is 11.1 Å². The van der Waals surface area contributed by atoms with Gasteiger partial charge in [0.05, 0.1) is 16.3 Å². The highest BCUT2D eigenvalue weighted by Crippen LogP contribution is 2.17. The van der Waals surface area contributed by atoms with Gasteiger partial charge in [-0.3, -0.25) is 4.79 Å². The molecule has 0 aliphatic carbocycles. The smallest absolute Gasteiger partial charge is 0.253 e. The van der Waals surface area contributed by atoms with E-state index in [-0.39, 0.29) is 5.91 Å². The molecule has 0 spiro atoms. The van der Waals surface area contributed by atoms with Crippen LogP contribution in [0.5, 0.6) is 0 Å². The first-order chi connectivity index (χ1) is 9.08. The fourth-order valence-corrected chi connectivity index (χ4v) is 2.83. The average molecular weight is 275 g/mol. The van der Waals surface area contributed by atoms with E-state index in [4.69, 9.17) is 5.73 Å². The van der Waals surface area contributed by atoms with Crippen molar-refractivity contribution in [2.75, 3.05) is 12.3 Å². The zero-order valence-electron chi connectivity index (χ0n) is 11.1. The number of benzene rings is 1. The average Bonchev–Trinajstić information content (AvgIpc) is 2.68. The maximum Gasteiger partial charge on any atom is 0.253 e. The van der Waals surface area contributed by atoms with Crippen LogP contribution in [0.15, 0.2) is 24.3 Å². The van der Waals surface area contributed by atoms with Crippen LogP contribution in [-0.2, 0) is 6.42 Å². The number of hydrogen-bond donors (Lipinski definition) is 2. The lowest BCUT2D eigenvalue weighted by Crippen LogP contribution is -2.26. The Morgan fingerprint density at radius 2 is 2.11 bits per heavy atom. The van der Waals surface area contributed by atoms with Crippen molar-refractivity contribution in [1.29, 1.82) is 0 Å². The minimum atomic E-state index is -0.128. The maximum absolute atomic E-state index is 11.9. The number of hydrogen-bond acceptors (Lipinski definition) is 4. The molecule has 19 heavy (non-hydrogen) atoms. The van der Waals surface area contributed by atoms with Gasteiger partial charge < -0.3 is 11.1 Å². The van der Waals surface area contributed by atoms with Crippen molar-refractivity contribution >= 4 is 22.9 Å². The van der Waals surface area contributed by atoms with E-state index >= 15 is 0 Å². The lowest BCUT2D eigenvalue weighted by Gasteiger charge is -2.06. The number of carbonyl (C=O) groups is 1. The van der Waals surface area contributed by atoms with Crippen LogP contribution in [0, 0.1) is 13.8 Å². The van der Waals surface area contributed by atoms with Crippen LogP contribution in [0.4, 0.5) is 5.69 Å². The number of rotatable bonds is 4. The highest BCUT2D eigenvalue weighted by atomic mass is 32.1. The van der Waals surface area contributed by atoms with E-state index in [1.807, 2.05) is 26.0 Å². The fourth-order valence-electron chi connectivity index (χ4n) is 1.89. The molecule has 1 amide bonds. The molecular weight excluding hydrogens is 258 g/mol. The van der Waals surface area contributed by atoms with Crippen LogP contribution >= 0.6 is 11.3 Å². The molecule has 0 radical (unpaired) electrons. The molecule has 1 aromatic heterocycles. The van der Waals surface area contributed by atoms with Gasteiger partial charge in [0.15, 0.2) is 0 Å². The number of anilines is 1. The van der Waals surface area contributed by atoms with Gasteiger partial charge in [-0.1, -0.05) is 12.1 Å². The third-order valence-corrected chi connectivity index (χ3v) is 3.98. The van der Waals surface area contributed by atoms with Gasteiger partial charge in [0, 0.05) is 23.5 Å². The van der Waals surface area contributed by atoms with Crippen molar-refractivity contribution in [3.05, 3.63) is 45.4 Å². The summed E-state index contributed by atoms with van der Waals surface area (Å²) in [5.41, 5.74) is 7.85. The molecule has 0 aliphatic rings. The molecule has 0 saturated heterocycles. The predicted molar refractivity (Wildman–Crippen MR) is 78.5 cm³/mol. The second kappa shape index (κ2) is 5.84. The molecule has 0 atom stereocenters. The molecule has 100 valence electrons. The normalized spacial score (nSPS) is 10.4. The van der Waals surface area contributed by atoms with Gasteiger partial charge in [-0.2, -0.15) is 0 Å². The summed E-state index contributed by atoms with van der Waals surface area (Å²) in [6.07, 6.45) is 0.801. The summed E-state index contributed by atoms with van der Waals surface area (Å²) in [4.78, 5) is 17.5. The first kappa shape index (κ1) is 13.5. The van der Waals surface area contributed by atoms with E-state index in [0.29, 0.717) is 17.8 Å². The van der Waals surface area contributed by atoms with E-state index in [1.165, 1.54) is 4.88 Å². The molecule has 1 aromatic carbocycles. The van der Waals surface area contributed by atoms with Gasteiger partial charge in [0.1, 0.15) is 0 Å². The standard InChI is InChI=1S/C14H17N3OS/c1-9-13(19-10(2)17-9)7-8-16-14(18)11-5-3-4-6-12(11)15/h3-6H,7-8,15H2,1-2H3,(H,16,18). The maximum atomic E-state index is 11.9. The number of aryl methyl sites for hydroxylation is 2. The van der Waals surface area contributed by atoms with Gasteiger partial charge in [-0.25, -0.2) is 4.98 Å². The summed E-state index contributed by atoms with van der Waals surface area (Å²) in [7, 11) is 0. The number of carbonyl (C=O) groups excluding carboxylic acids is 1. The van der Waals surface area contributed by atoms with Crippen molar-refractivity contribution in [1.82, 2.24) is 10.3 Å². The molecule has 3 N–H and O–H groups in total. The monoisotopic (exact) mass is 275 g/mol. The molecule has 1 heterocycles. The van der Waals surface area contributed by atoms with Crippen LogP contribution in [-0.4, -0.2) is 17.4 Å². The molecule has 4 nitrogen and oxygen atoms in total. The van der Waals surface area contributed by atoms with Crippen molar-refractivity contribution < 1.29 is 4.79 Å². The summed E-state index contributed by atoms with van der Waals surface area (Å²) in [6.45, 7) is 4.58. The Kier molecular flexibility index (Phi) is 4.16. The molecule has 0 bridgehead atoms. The second-order valence-electron chi connectivity index (χ2n) is 4.33. The van der Waals surface area contributed by atoms with Crippen LogP contribution in [0.1, 0.15) is 25.9 Å². The number of nitrogens with one attached hydrogen (secondary N) is 1. The fraction of sp³-hybridized carbons (Fsp3) is 0.286. The number of amides is 1. The molecule has 0 saturated carbocycles. The van der Waals surface area contributed by atoms with Crippen molar-refractivity contribution in [3.63, 3.8) is 0 Å². The molecule has 0 aliphatic heterocycles. The Balaban J connectivity index is 1.91. The van der Waals surface area contributed by atoms with E-state index in [9.17, 15) is 4.79 Å². The molecule has 2 rings (SSSR count). The largest absolute Gasteiger partial charge is 0.398 e. The number of nitrogen functional groups attached to an aromatic ring is 1. The summed E-state index contributed by atoms with van der Waals surface area (Å²) in [5.74, 6) is -0.128. The number of para-hydroxylation sites is 1. The van der Waals surface area contributed by atoms with Gasteiger partial charge in [0.2, 0.25) is 0 Å². The highest BCUT2D eigenvalue weighted by Gasteiger charge is 2.09. The van der Waals surface area contributed by atoms with Crippen molar-refractivity contribution in [3.8, 4) is 0 Å². The third kappa shape index (κ3) is 3.32. The molecule has 2 aromatic rings. The van der Waals surface area contributed by atoms with Crippen LogP contribution in [0.25, 0.3) is 0 Å². The van der Waals surface area contributed by atoms with Gasteiger partial charge in [0.25, 0.3) is 5.91 Å². The van der Waals surface area contributed by atoms with Gasteiger partial charge >= 0.3 is 0 Å². The molecule has 0 fully saturated rings. The number of thiazole rings is 1. The predicted octanol–water partition coefficient (Wildman–Crippen LogP) is 2.31. The quantitative estimate of drug-likeness (QED) is 0.841. The lowest BCUT2D eigenvalue weighted by molar-refractivity contribution is 0.0955. The van der Waals surface area contributed by atoms with Crippen LogP contribution in [0.3, 0.4) is 0 Å². The molecular formula is C14H17N3OS. The topological polar surface area (TPSA) is 68.0 Å². The molecule has 5 heteroatoms. The number of aromatic nitrogens is 1. The van der Waals surface area contributed by atoms with E-state index < -0.39 is 0 Å². The summed E-state index contributed by atoms with van der Waals surface area (Å²) >= 11 is 1.68. The summed E-state index contributed by atoms with van der Waals surface area (Å²) in [5, 5.41) is 3.95. The lowest BCUT2D eigenvalue weighted by atomic mass is 10.1. The third-order valence-electron chi connectivity index (χ3n) is 2.84. The zero-order chi connectivity index (χ0) is 13.8. The van der Waals surface area contributed by atoms with Gasteiger partial charge in [-0.05, 0) is 26.0 Å². The van der Waals surface area contributed by atoms with Gasteiger partial charge in [-0.15, -0.1) is 11.3 Å². The van der Waals surface area contributed by atoms with E-state index in [0.717, 1.165) is 17.1 Å². The van der Waals surface area contributed by atoms with Crippen LogP contribution in [0.2, 0.25) is 0 Å². The highest BCUT2D eigenvalue weighted by molar-refractivity contribution is 7.11.